The van der Waals surface area contributed by atoms with Gasteiger partial charge >= 0.3 is 24.7 Å². The third-order valence-electron chi connectivity index (χ3n) is 4.40. The number of rotatable bonds is 5. The molecule has 5 nitrogen and oxygen atoms in total. The van der Waals surface area contributed by atoms with Gasteiger partial charge in [0.1, 0.15) is 11.9 Å². The Hall–Kier alpha value is -2.43. The van der Waals surface area contributed by atoms with E-state index in [9.17, 15) is 57.5 Å². The molecule has 2 rings (SSSR count). The number of amides is 1. The van der Waals surface area contributed by atoms with Crippen LogP contribution in [0.3, 0.4) is 0 Å². The summed E-state index contributed by atoms with van der Waals surface area (Å²) in [5, 5.41) is 0. The molecular weight excluding hydrogens is 510 g/mol. The van der Waals surface area contributed by atoms with Crippen molar-refractivity contribution >= 4 is 11.6 Å². The Balaban J connectivity index is 2.70. The van der Waals surface area contributed by atoms with Crippen LogP contribution in [0.2, 0.25) is 0 Å². The summed E-state index contributed by atoms with van der Waals surface area (Å²) in [5.74, 6) is -1.56. The maximum absolute atomic E-state index is 13.0. The molecule has 1 aliphatic rings. The van der Waals surface area contributed by atoms with Gasteiger partial charge in [-0.1, -0.05) is 6.07 Å². The van der Waals surface area contributed by atoms with Crippen molar-refractivity contribution in [2.75, 3.05) is 12.0 Å². The number of hydrogen-bond acceptors (Lipinski definition) is 4. The second kappa shape index (κ2) is 8.98. The van der Waals surface area contributed by atoms with E-state index in [0.29, 0.717) is 6.92 Å². The number of hydrogen-bond donors (Lipinski definition) is 0. The van der Waals surface area contributed by atoms with Gasteiger partial charge in [0, 0.05) is 18.6 Å². The Morgan fingerprint density at radius 2 is 1.26 bits per heavy atom. The fourth-order valence-electron chi connectivity index (χ4n) is 3.11. The molecule has 0 saturated heterocycles. The minimum atomic E-state index is -6.20. The maximum Gasteiger partial charge on any atom is 0.423 e. The topological polar surface area (TPSA) is 48.0 Å². The van der Waals surface area contributed by atoms with Gasteiger partial charge in [-0.2, -0.15) is 52.7 Å². The Kier molecular flexibility index (Phi) is 7.34. The SMILES string of the molecule is COc1ccc2c(c1)N(C(C)=O)C(OC(C(F)(F)F)C(F)(F)F)C2OC(C(F)(F)F)C(F)(F)F. The lowest BCUT2D eigenvalue weighted by molar-refractivity contribution is -0.356. The summed E-state index contributed by atoms with van der Waals surface area (Å²) in [7, 11) is 1.05. The van der Waals surface area contributed by atoms with Gasteiger partial charge in [0.2, 0.25) is 12.0 Å². The fourth-order valence-corrected chi connectivity index (χ4v) is 3.11. The number of ether oxygens (including phenoxy) is 3. The summed E-state index contributed by atoms with van der Waals surface area (Å²) in [5.41, 5.74) is -1.45. The van der Waals surface area contributed by atoms with E-state index in [1.54, 1.807) is 0 Å². The van der Waals surface area contributed by atoms with Crippen LogP contribution < -0.4 is 9.64 Å². The van der Waals surface area contributed by atoms with E-state index < -0.39 is 66.4 Å². The average molecular weight is 523 g/mol. The first-order valence-corrected chi connectivity index (χ1v) is 8.75. The number of benzene rings is 1. The Morgan fingerprint density at radius 1 is 0.824 bits per heavy atom. The van der Waals surface area contributed by atoms with Gasteiger partial charge < -0.3 is 14.2 Å². The van der Waals surface area contributed by atoms with Crippen molar-refractivity contribution < 1.29 is 71.7 Å². The summed E-state index contributed by atoms with van der Waals surface area (Å²) < 4.78 is 169. The molecule has 34 heavy (non-hydrogen) atoms. The quantitative estimate of drug-likeness (QED) is 0.482. The van der Waals surface area contributed by atoms with E-state index in [2.05, 4.69) is 9.47 Å². The summed E-state index contributed by atoms with van der Waals surface area (Å²) >= 11 is 0. The zero-order chi connectivity index (χ0) is 26.4. The maximum atomic E-state index is 13.0. The molecule has 1 heterocycles. The third-order valence-corrected chi connectivity index (χ3v) is 4.40. The predicted octanol–water partition coefficient (Wildman–Crippen LogP) is 5.45. The van der Waals surface area contributed by atoms with Crippen molar-refractivity contribution in [1.82, 2.24) is 0 Å². The van der Waals surface area contributed by atoms with Gasteiger partial charge in [0.15, 0.2) is 6.23 Å². The number of carbonyl (C=O) groups excluding carboxylic acids is 1. The highest BCUT2D eigenvalue weighted by atomic mass is 19.4. The molecule has 1 aromatic rings. The highest BCUT2D eigenvalue weighted by Gasteiger charge is 2.63. The predicted molar refractivity (Wildman–Crippen MR) is 86.6 cm³/mol. The van der Waals surface area contributed by atoms with Crippen LogP contribution in [-0.2, 0) is 14.3 Å². The first kappa shape index (κ1) is 27.8. The number of carbonyl (C=O) groups is 1. The van der Waals surface area contributed by atoms with Crippen LogP contribution in [-0.4, -0.2) is 56.2 Å². The van der Waals surface area contributed by atoms with E-state index in [0.717, 1.165) is 25.3 Å². The highest BCUT2D eigenvalue weighted by molar-refractivity contribution is 5.95. The number of halogens is 12. The Morgan fingerprint density at radius 3 is 1.65 bits per heavy atom. The van der Waals surface area contributed by atoms with Gasteiger partial charge in [-0.05, 0) is 6.07 Å². The van der Waals surface area contributed by atoms with Crippen molar-refractivity contribution in [3.8, 4) is 5.75 Å². The van der Waals surface area contributed by atoms with Crippen LogP contribution in [0, 0.1) is 0 Å². The lowest BCUT2D eigenvalue weighted by Gasteiger charge is -2.34. The van der Waals surface area contributed by atoms with Crippen molar-refractivity contribution in [1.29, 1.82) is 0 Å². The van der Waals surface area contributed by atoms with E-state index in [1.165, 1.54) is 0 Å². The molecule has 2 unspecified atom stereocenters. The van der Waals surface area contributed by atoms with Gasteiger partial charge in [0.05, 0.1) is 12.8 Å². The molecular formula is C17H13F12NO4. The molecule has 1 aromatic carbocycles. The minimum Gasteiger partial charge on any atom is -0.497 e. The lowest BCUT2D eigenvalue weighted by atomic mass is 10.1. The number of fused-ring (bicyclic) bond motifs is 1. The number of alkyl halides is 12. The third kappa shape index (κ3) is 5.79. The molecule has 2 atom stereocenters. The van der Waals surface area contributed by atoms with Gasteiger partial charge in [0.25, 0.3) is 6.10 Å². The van der Waals surface area contributed by atoms with Crippen molar-refractivity contribution in [3.05, 3.63) is 23.8 Å². The molecule has 1 aliphatic heterocycles. The standard InChI is InChI=1S/C17H13F12NO4/c1-6(31)30-9-5-7(32-2)3-4-8(9)10(33-12(14(18,19)20)15(21,22)23)11(30)34-13(16(24,25)26)17(27,28)29/h3-5,10-13H,1-2H3. The van der Waals surface area contributed by atoms with Crippen LogP contribution in [0.15, 0.2) is 18.2 Å². The van der Waals surface area contributed by atoms with Crippen LogP contribution in [0.25, 0.3) is 0 Å². The second-order valence-corrected chi connectivity index (χ2v) is 6.82. The molecule has 0 fully saturated rings. The molecule has 1 amide bonds. The number of methoxy groups -OCH3 is 1. The Labute approximate surface area is 182 Å². The molecule has 0 N–H and O–H groups in total. The minimum absolute atomic E-state index is 0.0246. The molecule has 0 saturated carbocycles. The number of nitrogens with zero attached hydrogens (tertiary/aromatic N) is 1. The molecule has 17 heteroatoms. The zero-order valence-electron chi connectivity index (χ0n) is 16.7. The first-order valence-electron chi connectivity index (χ1n) is 8.75. The van der Waals surface area contributed by atoms with Crippen molar-refractivity contribution in [2.24, 2.45) is 0 Å². The average Bonchev–Trinajstić information content (AvgIpc) is 2.92. The lowest BCUT2D eigenvalue weighted by Crippen LogP contribution is -2.53. The Bertz CT molecular complexity index is 864. The molecule has 0 aliphatic carbocycles. The van der Waals surface area contributed by atoms with Gasteiger partial charge in [-0.3, -0.25) is 9.69 Å². The van der Waals surface area contributed by atoms with E-state index in [4.69, 9.17) is 4.74 Å². The zero-order valence-corrected chi connectivity index (χ0v) is 16.7. The second-order valence-electron chi connectivity index (χ2n) is 6.82. The van der Waals surface area contributed by atoms with E-state index in [-0.39, 0.29) is 10.6 Å². The summed E-state index contributed by atoms with van der Waals surface area (Å²) in [4.78, 5) is 12.1. The molecule has 0 aromatic heterocycles. The fraction of sp³-hybridized carbons (Fsp3) is 0.588. The first-order chi connectivity index (χ1) is 15.2. The summed E-state index contributed by atoms with van der Waals surface area (Å²) in [6, 6.07) is 2.44. The van der Waals surface area contributed by atoms with Crippen LogP contribution >= 0.6 is 0 Å². The largest absolute Gasteiger partial charge is 0.497 e. The van der Waals surface area contributed by atoms with Crippen molar-refractivity contribution in [2.45, 2.75) is 56.2 Å². The monoisotopic (exact) mass is 523 g/mol. The van der Waals surface area contributed by atoms with Gasteiger partial charge in [-0.15, -0.1) is 0 Å². The van der Waals surface area contributed by atoms with Crippen LogP contribution in [0.4, 0.5) is 58.4 Å². The van der Waals surface area contributed by atoms with E-state index in [1.807, 2.05) is 0 Å². The highest BCUT2D eigenvalue weighted by Crippen LogP contribution is 2.49. The molecule has 0 radical (unpaired) electrons. The van der Waals surface area contributed by atoms with E-state index >= 15 is 0 Å². The molecule has 0 bridgehead atoms. The summed E-state index contributed by atoms with van der Waals surface area (Å²) in [6.07, 6.45) is -39.9. The summed E-state index contributed by atoms with van der Waals surface area (Å²) in [6.45, 7) is 0.586. The smallest absolute Gasteiger partial charge is 0.423 e. The van der Waals surface area contributed by atoms with Crippen LogP contribution in [0.5, 0.6) is 5.75 Å². The van der Waals surface area contributed by atoms with Crippen molar-refractivity contribution in [3.63, 3.8) is 0 Å². The molecule has 194 valence electrons. The van der Waals surface area contributed by atoms with Crippen LogP contribution in [0.1, 0.15) is 18.6 Å². The molecule has 0 spiro atoms. The van der Waals surface area contributed by atoms with Gasteiger partial charge in [-0.25, -0.2) is 0 Å². The number of anilines is 1. The normalized spacial score (nSPS) is 19.7.